The summed E-state index contributed by atoms with van der Waals surface area (Å²) in [5, 5.41) is 7.64. The molecule has 2 rings (SSSR count). The number of rotatable bonds is 7. The average Bonchev–Trinajstić information content (AvgIpc) is 3.13. The summed E-state index contributed by atoms with van der Waals surface area (Å²) in [6.07, 6.45) is -4.03. The smallest absolute Gasteiger partial charge is 0.434 e. The van der Waals surface area contributed by atoms with Crippen molar-refractivity contribution in [1.29, 1.82) is 0 Å². The van der Waals surface area contributed by atoms with Crippen molar-refractivity contribution < 1.29 is 22.6 Å². The van der Waals surface area contributed by atoms with Crippen LogP contribution in [0.15, 0.2) is 28.6 Å². The Balaban J connectivity index is 1.83. The van der Waals surface area contributed by atoms with Gasteiger partial charge in [0.25, 0.3) is 0 Å². The lowest BCUT2D eigenvalue weighted by Crippen LogP contribution is -2.37. The van der Waals surface area contributed by atoms with Gasteiger partial charge in [-0.1, -0.05) is 6.07 Å². The van der Waals surface area contributed by atoms with Crippen molar-refractivity contribution >= 4 is 17.3 Å². The number of methoxy groups -OCH3 is 2. The van der Waals surface area contributed by atoms with Crippen molar-refractivity contribution in [2.24, 2.45) is 4.99 Å². The number of nitrogens with one attached hydrogen (secondary N) is 2. The topological polar surface area (TPSA) is 67.8 Å². The van der Waals surface area contributed by atoms with Crippen LogP contribution in [-0.2, 0) is 19.1 Å². The summed E-state index contributed by atoms with van der Waals surface area (Å²) >= 11 is 0.996. The number of alkyl halides is 3. The van der Waals surface area contributed by atoms with Gasteiger partial charge in [-0.25, -0.2) is 4.98 Å². The third-order valence-electron chi connectivity index (χ3n) is 3.61. The summed E-state index contributed by atoms with van der Waals surface area (Å²) in [7, 11) is 4.76. The van der Waals surface area contributed by atoms with E-state index in [2.05, 4.69) is 20.6 Å². The molecule has 27 heavy (non-hydrogen) atoms. The molecule has 148 valence electrons. The molecule has 1 aromatic heterocycles. The number of guanidine groups is 1. The zero-order chi connectivity index (χ0) is 19.9. The Kier molecular flexibility index (Phi) is 7.28. The number of hydrogen-bond acceptors (Lipinski definition) is 5. The average molecular weight is 402 g/mol. The van der Waals surface area contributed by atoms with E-state index in [1.807, 2.05) is 18.2 Å². The minimum Gasteiger partial charge on any atom is -0.493 e. The van der Waals surface area contributed by atoms with E-state index >= 15 is 0 Å². The molecular formula is C17H21F3N4O2S. The maximum atomic E-state index is 12.6. The zero-order valence-electron chi connectivity index (χ0n) is 15.2. The Morgan fingerprint density at radius 2 is 1.93 bits per heavy atom. The minimum absolute atomic E-state index is 0.373. The number of hydrogen-bond donors (Lipinski definition) is 2. The second-order valence-corrected chi connectivity index (χ2v) is 6.36. The lowest BCUT2D eigenvalue weighted by molar-refractivity contribution is -0.140. The van der Waals surface area contributed by atoms with Gasteiger partial charge in [0.05, 0.1) is 19.2 Å². The molecule has 0 aliphatic heterocycles. The molecule has 0 spiro atoms. The molecule has 0 unspecified atom stereocenters. The number of benzene rings is 1. The molecule has 0 fully saturated rings. The van der Waals surface area contributed by atoms with Crippen molar-refractivity contribution in [3.05, 3.63) is 39.8 Å². The molecule has 0 radical (unpaired) electrons. The Bertz CT molecular complexity index is 778. The van der Waals surface area contributed by atoms with E-state index in [9.17, 15) is 13.2 Å². The Morgan fingerprint density at radius 1 is 1.19 bits per heavy atom. The van der Waals surface area contributed by atoms with Crippen molar-refractivity contribution in [1.82, 2.24) is 15.6 Å². The monoisotopic (exact) mass is 402 g/mol. The summed E-state index contributed by atoms with van der Waals surface area (Å²) in [6.45, 7) is 0.909. The Morgan fingerprint density at radius 3 is 2.52 bits per heavy atom. The van der Waals surface area contributed by atoms with Gasteiger partial charge in [-0.3, -0.25) is 4.99 Å². The zero-order valence-corrected chi connectivity index (χ0v) is 16.0. The predicted molar refractivity (Wildman–Crippen MR) is 98.6 cm³/mol. The SMILES string of the molecule is CN=C(NCCc1nc(C(F)(F)F)cs1)NCc1ccc(OC)c(OC)c1. The number of aromatic nitrogens is 1. The highest BCUT2D eigenvalue weighted by Gasteiger charge is 2.33. The third-order valence-corrected chi connectivity index (χ3v) is 4.51. The molecule has 2 aromatic rings. The molecule has 0 saturated carbocycles. The molecule has 0 aliphatic rings. The van der Waals surface area contributed by atoms with Crippen LogP contribution in [0.25, 0.3) is 0 Å². The van der Waals surface area contributed by atoms with Gasteiger partial charge in [0, 0.05) is 31.9 Å². The Labute approximate surface area is 159 Å². The fourth-order valence-electron chi connectivity index (χ4n) is 2.24. The van der Waals surface area contributed by atoms with Crippen LogP contribution in [0.1, 0.15) is 16.3 Å². The number of nitrogens with zero attached hydrogens (tertiary/aromatic N) is 2. The van der Waals surface area contributed by atoms with E-state index in [1.165, 1.54) is 0 Å². The lowest BCUT2D eigenvalue weighted by atomic mass is 10.2. The van der Waals surface area contributed by atoms with E-state index < -0.39 is 11.9 Å². The molecule has 0 saturated heterocycles. The van der Waals surface area contributed by atoms with Crippen LogP contribution >= 0.6 is 11.3 Å². The van der Waals surface area contributed by atoms with Gasteiger partial charge < -0.3 is 20.1 Å². The van der Waals surface area contributed by atoms with Crippen molar-refractivity contribution in [2.45, 2.75) is 19.1 Å². The van der Waals surface area contributed by atoms with Crippen LogP contribution in [0.4, 0.5) is 13.2 Å². The summed E-state index contributed by atoms with van der Waals surface area (Å²) in [6, 6.07) is 5.57. The maximum Gasteiger partial charge on any atom is 0.434 e. The molecule has 6 nitrogen and oxygen atoms in total. The van der Waals surface area contributed by atoms with Gasteiger partial charge in [0.15, 0.2) is 23.2 Å². The highest BCUT2D eigenvalue weighted by molar-refractivity contribution is 7.09. The number of halogens is 3. The molecule has 10 heteroatoms. The second kappa shape index (κ2) is 9.45. The molecule has 0 atom stereocenters. The molecule has 1 heterocycles. The van der Waals surface area contributed by atoms with Crippen LogP contribution < -0.4 is 20.1 Å². The number of aliphatic imine (C=N–C) groups is 1. The summed E-state index contributed by atoms with van der Waals surface area (Å²) in [5.41, 5.74) is 0.115. The van der Waals surface area contributed by atoms with E-state index in [0.29, 0.717) is 42.0 Å². The van der Waals surface area contributed by atoms with E-state index in [0.717, 1.165) is 22.3 Å². The first-order chi connectivity index (χ1) is 12.9. The van der Waals surface area contributed by atoms with E-state index in [1.54, 1.807) is 21.3 Å². The standard InChI is InChI=1S/C17H21F3N4O2S/c1-21-16(22-7-6-15-24-14(10-27-15)17(18,19)20)23-9-11-4-5-12(25-2)13(8-11)26-3/h4-5,8,10H,6-7,9H2,1-3H3,(H2,21,22,23). The fourth-order valence-corrected chi connectivity index (χ4v) is 3.05. The van der Waals surface area contributed by atoms with Crippen molar-refractivity contribution in [2.75, 3.05) is 27.8 Å². The van der Waals surface area contributed by atoms with Crippen LogP contribution in [-0.4, -0.2) is 38.8 Å². The molecule has 1 aromatic carbocycles. The van der Waals surface area contributed by atoms with Crippen molar-refractivity contribution in [3.8, 4) is 11.5 Å². The summed E-state index contributed by atoms with van der Waals surface area (Å²) in [5.74, 6) is 1.81. The maximum absolute atomic E-state index is 12.6. The minimum atomic E-state index is -4.40. The summed E-state index contributed by atoms with van der Waals surface area (Å²) in [4.78, 5) is 7.70. The van der Waals surface area contributed by atoms with Gasteiger partial charge in [-0.2, -0.15) is 13.2 Å². The van der Waals surface area contributed by atoms with E-state index in [4.69, 9.17) is 9.47 Å². The van der Waals surface area contributed by atoms with E-state index in [-0.39, 0.29) is 0 Å². The first-order valence-corrected chi connectivity index (χ1v) is 8.92. The highest BCUT2D eigenvalue weighted by Crippen LogP contribution is 2.30. The first kappa shape index (κ1) is 20.8. The molecule has 0 aliphatic carbocycles. The molecular weight excluding hydrogens is 381 g/mol. The van der Waals surface area contributed by atoms with Crippen molar-refractivity contribution in [3.63, 3.8) is 0 Å². The second-order valence-electron chi connectivity index (χ2n) is 5.42. The first-order valence-electron chi connectivity index (χ1n) is 8.04. The lowest BCUT2D eigenvalue weighted by Gasteiger charge is -2.13. The molecule has 2 N–H and O–H groups in total. The van der Waals surface area contributed by atoms with Gasteiger partial charge in [-0.05, 0) is 17.7 Å². The summed E-state index contributed by atoms with van der Waals surface area (Å²) < 4.78 is 48.1. The van der Waals surface area contributed by atoms with Crippen LogP contribution in [0, 0.1) is 0 Å². The number of thiazole rings is 1. The van der Waals surface area contributed by atoms with Gasteiger partial charge in [-0.15, -0.1) is 11.3 Å². The largest absolute Gasteiger partial charge is 0.493 e. The Hall–Kier alpha value is -2.49. The van der Waals surface area contributed by atoms with Gasteiger partial charge in [0.1, 0.15) is 0 Å². The number of ether oxygens (including phenoxy) is 2. The predicted octanol–water partition coefficient (Wildman–Crippen LogP) is 3.09. The normalized spacial score (nSPS) is 12.0. The van der Waals surface area contributed by atoms with Gasteiger partial charge in [0.2, 0.25) is 0 Å². The van der Waals surface area contributed by atoms with Crippen LogP contribution in [0.3, 0.4) is 0 Å². The molecule has 0 bridgehead atoms. The third kappa shape index (κ3) is 6.02. The van der Waals surface area contributed by atoms with Crippen LogP contribution in [0.2, 0.25) is 0 Å². The fraction of sp³-hybridized carbons (Fsp3) is 0.412. The van der Waals surface area contributed by atoms with Gasteiger partial charge >= 0.3 is 6.18 Å². The quantitative estimate of drug-likeness (QED) is 0.550. The molecule has 0 amide bonds. The van der Waals surface area contributed by atoms with Crippen LogP contribution in [0.5, 0.6) is 11.5 Å². The highest BCUT2D eigenvalue weighted by atomic mass is 32.1.